The number of aliphatic carboxylic acids is 1. The summed E-state index contributed by atoms with van der Waals surface area (Å²) in [5, 5.41) is 18.7. The molecule has 0 saturated carbocycles. The van der Waals surface area contributed by atoms with Crippen LogP contribution in [-0.4, -0.2) is 45.5 Å². The second kappa shape index (κ2) is 10.4. The molecule has 0 bridgehead atoms. The maximum Gasteiger partial charge on any atom is 0.407 e. The van der Waals surface area contributed by atoms with Crippen LogP contribution in [0.1, 0.15) is 48.4 Å². The van der Waals surface area contributed by atoms with Gasteiger partial charge in [0.2, 0.25) is 5.91 Å². The Hall–Kier alpha value is -4.14. The molecule has 3 aromatic rings. The third-order valence-electron chi connectivity index (χ3n) is 6.20. The zero-order valence-electron chi connectivity index (χ0n) is 19.6. The van der Waals surface area contributed by atoms with Gasteiger partial charge in [0.1, 0.15) is 6.61 Å². The molecule has 2 atom stereocenters. The molecule has 1 heterocycles. The van der Waals surface area contributed by atoms with Crippen LogP contribution in [0, 0.1) is 0 Å². The molecule has 182 valence electrons. The summed E-state index contributed by atoms with van der Waals surface area (Å²) in [6, 6.07) is 14.4. The van der Waals surface area contributed by atoms with E-state index >= 15 is 0 Å². The molecular formula is C26H28N4O5. The van der Waals surface area contributed by atoms with Crippen molar-refractivity contribution in [1.82, 2.24) is 20.4 Å². The van der Waals surface area contributed by atoms with Gasteiger partial charge in [0.25, 0.3) is 0 Å². The fourth-order valence-corrected chi connectivity index (χ4v) is 4.42. The molecule has 1 aromatic heterocycles. The lowest BCUT2D eigenvalue weighted by Crippen LogP contribution is -2.41. The number of carbonyl (C=O) groups excluding carboxylic acids is 2. The summed E-state index contributed by atoms with van der Waals surface area (Å²) in [6.07, 6.45) is 2.71. The van der Waals surface area contributed by atoms with E-state index in [4.69, 9.17) is 4.74 Å². The van der Waals surface area contributed by atoms with E-state index in [2.05, 4.69) is 27.9 Å². The number of ether oxygens (including phenoxy) is 1. The van der Waals surface area contributed by atoms with E-state index < -0.39 is 30.1 Å². The minimum Gasteiger partial charge on any atom is -0.479 e. The molecule has 35 heavy (non-hydrogen) atoms. The van der Waals surface area contributed by atoms with Gasteiger partial charge in [0, 0.05) is 37.2 Å². The van der Waals surface area contributed by atoms with Crippen molar-refractivity contribution in [3.8, 4) is 11.1 Å². The highest BCUT2D eigenvalue weighted by Crippen LogP contribution is 2.44. The van der Waals surface area contributed by atoms with E-state index in [0.717, 1.165) is 22.3 Å². The van der Waals surface area contributed by atoms with Gasteiger partial charge in [-0.1, -0.05) is 55.5 Å². The molecule has 2 unspecified atom stereocenters. The summed E-state index contributed by atoms with van der Waals surface area (Å²) < 4.78 is 7.02. The molecule has 0 spiro atoms. The lowest BCUT2D eigenvalue weighted by atomic mass is 9.98. The van der Waals surface area contributed by atoms with E-state index in [9.17, 15) is 19.5 Å². The number of hydrogen-bond acceptors (Lipinski definition) is 5. The molecule has 2 aromatic carbocycles. The first-order valence-electron chi connectivity index (χ1n) is 11.5. The smallest absolute Gasteiger partial charge is 0.407 e. The number of hydrogen-bond donors (Lipinski definition) is 3. The standard InChI is InChI=1S/C26H28N4O5/c1-3-17(12-23(31)29-24(25(32)33)16-13-27-30(2)14-16)28-26(34)35-15-22-20-10-6-4-8-18(20)19-9-5-7-11-21(19)22/h4-11,13-14,17,22,24H,3,12,15H2,1-2H3,(H,28,34)(H,29,31)(H,32,33). The minimum atomic E-state index is -1.22. The number of aromatic nitrogens is 2. The summed E-state index contributed by atoms with van der Waals surface area (Å²) in [7, 11) is 1.66. The van der Waals surface area contributed by atoms with Gasteiger partial charge in [-0.3, -0.25) is 9.48 Å². The lowest BCUT2D eigenvalue weighted by Gasteiger charge is -2.20. The quantitative estimate of drug-likeness (QED) is 0.435. The number of fused-ring (bicyclic) bond motifs is 3. The third kappa shape index (κ3) is 5.34. The van der Waals surface area contributed by atoms with Crippen LogP contribution < -0.4 is 10.6 Å². The van der Waals surface area contributed by atoms with Crippen molar-refractivity contribution in [2.45, 2.75) is 37.8 Å². The van der Waals surface area contributed by atoms with Gasteiger partial charge in [-0.15, -0.1) is 0 Å². The Morgan fingerprint density at radius 2 is 1.69 bits per heavy atom. The molecule has 0 fully saturated rings. The summed E-state index contributed by atoms with van der Waals surface area (Å²) in [6.45, 7) is 2.00. The summed E-state index contributed by atoms with van der Waals surface area (Å²) in [5.74, 6) is -1.75. The fourth-order valence-electron chi connectivity index (χ4n) is 4.42. The Bertz CT molecular complexity index is 1190. The van der Waals surface area contributed by atoms with E-state index in [1.165, 1.54) is 17.1 Å². The van der Waals surface area contributed by atoms with Crippen molar-refractivity contribution < 1.29 is 24.2 Å². The largest absolute Gasteiger partial charge is 0.479 e. The van der Waals surface area contributed by atoms with Gasteiger partial charge in [-0.25, -0.2) is 9.59 Å². The van der Waals surface area contributed by atoms with Crippen molar-refractivity contribution in [3.05, 3.63) is 77.6 Å². The molecular weight excluding hydrogens is 448 g/mol. The van der Waals surface area contributed by atoms with Crippen LogP contribution in [-0.2, 0) is 21.4 Å². The van der Waals surface area contributed by atoms with Gasteiger partial charge >= 0.3 is 12.1 Å². The highest BCUT2D eigenvalue weighted by atomic mass is 16.5. The van der Waals surface area contributed by atoms with Crippen LogP contribution in [0.4, 0.5) is 4.79 Å². The van der Waals surface area contributed by atoms with E-state index in [1.807, 2.05) is 43.3 Å². The number of nitrogens with one attached hydrogen (secondary N) is 2. The number of carboxylic acids is 1. The Kier molecular flexibility index (Phi) is 7.14. The Morgan fingerprint density at radius 3 is 2.23 bits per heavy atom. The van der Waals surface area contributed by atoms with E-state index in [-0.39, 0.29) is 18.9 Å². The Morgan fingerprint density at radius 1 is 1.06 bits per heavy atom. The zero-order valence-corrected chi connectivity index (χ0v) is 19.6. The maximum absolute atomic E-state index is 12.6. The number of aryl methyl sites for hydroxylation is 1. The molecule has 4 rings (SSSR count). The Labute approximate surface area is 203 Å². The first-order valence-corrected chi connectivity index (χ1v) is 11.5. The molecule has 3 N–H and O–H groups in total. The van der Waals surface area contributed by atoms with E-state index in [0.29, 0.717) is 12.0 Å². The van der Waals surface area contributed by atoms with Crippen molar-refractivity contribution in [2.75, 3.05) is 6.61 Å². The lowest BCUT2D eigenvalue weighted by molar-refractivity contribution is -0.142. The highest BCUT2D eigenvalue weighted by molar-refractivity contribution is 5.85. The zero-order chi connectivity index (χ0) is 24.9. The van der Waals surface area contributed by atoms with Crippen LogP contribution >= 0.6 is 0 Å². The average molecular weight is 477 g/mol. The molecule has 9 heteroatoms. The van der Waals surface area contributed by atoms with E-state index in [1.54, 1.807) is 7.05 Å². The first kappa shape index (κ1) is 24.0. The summed E-state index contributed by atoms with van der Waals surface area (Å²) in [4.78, 5) is 36.7. The predicted octanol–water partition coefficient (Wildman–Crippen LogP) is 3.37. The van der Waals surface area contributed by atoms with Crippen LogP contribution in [0.5, 0.6) is 0 Å². The van der Waals surface area contributed by atoms with Gasteiger partial charge in [-0.2, -0.15) is 5.10 Å². The van der Waals surface area contributed by atoms with Gasteiger partial charge < -0.3 is 20.5 Å². The van der Waals surface area contributed by atoms with Gasteiger partial charge in [-0.05, 0) is 28.7 Å². The molecule has 1 aliphatic carbocycles. The molecule has 0 saturated heterocycles. The average Bonchev–Trinajstić information content (AvgIpc) is 3.41. The molecule has 0 aliphatic heterocycles. The van der Waals surface area contributed by atoms with Crippen LogP contribution in [0.25, 0.3) is 11.1 Å². The number of rotatable bonds is 9. The molecule has 2 amide bonds. The SMILES string of the molecule is CCC(CC(=O)NC(C(=O)O)c1cnn(C)c1)NC(=O)OCC1c2ccccc2-c2ccccc21. The predicted molar refractivity (Wildman–Crippen MR) is 129 cm³/mol. The molecule has 9 nitrogen and oxygen atoms in total. The highest BCUT2D eigenvalue weighted by Gasteiger charge is 2.29. The third-order valence-corrected chi connectivity index (χ3v) is 6.20. The second-order valence-corrected chi connectivity index (χ2v) is 8.57. The number of benzene rings is 2. The first-order chi connectivity index (χ1) is 16.9. The minimum absolute atomic E-state index is 0.0627. The van der Waals surface area contributed by atoms with Crippen molar-refractivity contribution in [3.63, 3.8) is 0 Å². The monoisotopic (exact) mass is 476 g/mol. The summed E-state index contributed by atoms with van der Waals surface area (Å²) in [5.41, 5.74) is 4.88. The van der Waals surface area contributed by atoms with Crippen molar-refractivity contribution >= 4 is 18.0 Å². The number of amides is 2. The topological polar surface area (TPSA) is 123 Å². The van der Waals surface area contributed by atoms with Crippen LogP contribution in [0.3, 0.4) is 0 Å². The number of carboxylic acid groups (broad SMARTS) is 1. The van der Waals surface area contributed by atoms with Gasteiger partial charge in [0.05, 0.1) is 6.20 Å². The normalized spacial score (nSPS) is 13.9. The van der Waals surface area contributed by atoms with Crippen molar-refractivity contribution in [2.24, 2.45) is 7.05 Å². The Balaban J connectivity index is 1.33. The second-order valence-electron chi connectivity index (χ2n) is 8.57. The van der Waals surface area contributed by atoms with Crippen LogP contribution in [0.2, 0.25) is 0 Å². The molecule has 1 aliphatic rings. The van der Waals surface area contributed by atoms with Crippen LogP contribution in [0.15, 0.2) is 60.9 Å². The van der Waals surface area contributed by atoms with Gasteiger partial charge in [0.15, 0.2) is 6.04 Å². The summed E-state index contributed by atoms with van der Waals surface area (Å²) >= 11 is 0. The number of nitrogens with zero attached hydrogens (tertiary/aromatic N) is 2. The maximum atomic E-state index is 12.6. The number of carbonyl (C=O) groups is 3. The van der Waals surface area contributed by atoms with Crippen molar-refractivity contribution in [1.29, 1.82) is 0 Å². The number of alkyl carbamates (subject to hydrolysis) is 1. The molecule has 0 radical (unpaired) electrons. The fraction of sp³-hybridized carbons (Fsp3) is 0.308.